The number of thioether (sulfide) groups is 1. The third-order valence-electron chi connectivity index (χ3n) is 3.11. The van der Waals surface area contributed by atoms with E-state index in [4.69, 9.17) is 4.74 Å². The fraction of sp³-hybridized carbons (Fsp3) is 0.571. The first-order valence-electron chi connectivity index (χ1n) is 6.42. The summed E-state index contributed by atoms with van der Waals surface area (Å²) in [6.07, 6.45) is 3.79. The lowest BCUT2D eigenvalue weighted by Crippen LogP contribution is -2.14. The van der Waals surface area contributed by atoms with Crippen LogP contribution in [0.1, 0.15) is 25.7 Å². The Labute approximate surface area is 112 Å². The zero-order valence-corrected chi connectivity index (χ0v) is 11.2. The third-order valence-corrected chi connectivity index (χ3v) is 4.31. The minimum absolute atomic E-state index is 0.214. The Balaban J connectivity index is 1.68. The molecule has 1 aliphatic rings. The van der Waals surface area contributed by atoms with Gasteiger partial charge in [-0.1, -0.05) is 12.1 Å². The number of hydrogen-bond acceptors (Lipinski definition) is 3. The highest BCUT2D eigenvalue weighted by Gasteiger charge is 2.17. The molecule has 0 spiro atoms. The summed E-state index contributed by atoms with van der Waals surface area (Å²) < 4.78 is 18.9. The molecule has 0 aromatic heterocycles. The number of ether oxygens (including phenoxy) is 1. The molecule has 2 atom stereocenters. The Kier molecular flexibility index (Phi) is 5.47. The maximum Gasteiger partial charge on any atom is 0.136 e. The molecule has 2 unspecified atom stereocenters. The quantitative estimate of drug-likeness (QED) is 0.805. The van der Waals surface area contributed by atoms with Gasteiger partial charge in [0.1, 0.15) is 5.82 Å². The second-order valence-electron chi connectivity index (χ2n) is 4.61. The van der Waals surface area contributed by atoms with Crippen LogP contribution in [0.15, 0.2) is 29.2 Å². The van der Waals surface area contributed by atoms with Crippen molar-refractivity contribution in [1.29, 1.82) is 0 Å². The highest BCUT2D eigenvalue weighted by atomic mass is 32.2. The summed E-state index contributed by atoms with van der Waals surface area (Å²) in [5.74, 6) is 0.321. The van der Waals surface area contributed by atoms with Gasteiger partial charge >= 0.3 is 0 Å². The van der Waals surface area contributed by atoms with E-state index in [1.807, 2.05) is 6.07 Å². The van der Waals surface area contributed by atoms with Crippen molar-refractivity contribution in [2.75, 3.05) is 12.4 Å². The average molecular weight is 270 g/mol. The fourth-order valence-corrected chi connectivity index (χ4v) is 3.00. The smallest absolute Gasteiger partial charge is 0.136 e. The van der Waals surface area contributed by atoms with Gasteiger partial charge in [0.25, 0.3) is 0 Å². The van der Waals surface area contributed by atoms with Gasteiger partial charge in [0.05, 0.1) is 12.2 Å². The first kappa shape index (κ1) is 13.8. The molecule has 1 fully saturated rings. The van der Waals surface area contributed by atoms with E-state index in [1.165, 1.54) is 17.8 Å². The second-order valence-corrected chi connectivity index (χ2v) is 5.67. The topological polar surface area (TPSA) is 29.5 Å². The van der Waals surface area contributed by atoms with E-state index < -0.39 is 0 Å². The van der Waals surface area contributed by atoms with Crippen LogP contribution >= 0.6 is 11.8 Å². The van der Waals surface area contributed by atoms with Crippen molar-refractivity contribution in [2.45, 2.75) is 42.8 Å². The Hall–Kier alpha value is -0.580. The van der Waals surface area contributed by atoms with E-state index in [2.05, 4.69) is 0 Å². The van der Waals surface area contributed by atoms with E-state index in [0.717, 1.165) is 32.3 Å². The number of aliphatic hydroxyl groups excluding tert-OH is 1. The van der Waals surface area contributed by atoms with Crippen molar-refractivity contribution in [3.63, 3.8) is 0 Å². The summed E-state index contributed by atoms with van der Waals surface area (Å²) in [7, 11) is 0. The van der Waals surface area contributed by atoms with Gasteiger partial charge in [-0.15, -0.1) is 11.8 Å². The molecule has 1 N–H and O–H groups in total. The summed E-state index contributed by atoms with van der Waals surface area (Å²) in [6, 6.07) is 6.67. The van der Waals surface area contributed by atoms with Gasteiger partial charge in [0.2, 0.25) is 0 Å². The third kappa shape index (κ3) is 4.26. The van der Waals surface area contributed by atoms with Gasteiger partial charge in [-0.3, -0.25) is 0 Å². The predicted octanol–water partition coefficient (Wildman–Crippen LogP) is 3.24. The van der Waals surface area contributed by atoms with Gasteiger partial charge < -0.3 is 9.84 Å². The van der Waals surface area contributed by atoms with Crippen LogP contribution in [-0.2, 0) is 4.74 Å². The molecule has 0 aliphatic carbocycles. The Morgan fingerprint density at radius 2 is 2.28 bits per heavy atom. The van der Waals surface area contributed by atoms with Crippen LogP contribution in [0, 0.1) is 5.82 Å². The highest BCUT2D eigenvalue weighted by Crippen LogP contribution is 2.24. The zero-order chi connectivity index (χ0) is 12.8. The zero-order valence-electron chi connectivity index (χ0n) is 10.3. The summed E-state index contributed by atoms with van der Waals surface area (Å²) in [4.78, 5) is 0.605. The molecule has 0 bridgehead atoms. The molecule has 1 aromatic carbocycles. The molecule has 1 aliphatic heterocycles. The lowest BCUT2D eigenvalue weighted by atomic mass is 10.1. The lowest BCUT2D eigenvalue weighted by molar-refractivity contribution is 0.0861. The first-order valence-corrected chi connectivity index (χ1v) is 7.41. The average Bonchev–Trinajstić information content (AvgIpc) is 2.88. The molecule has 1 aromatic rings. The van der Waals surface area contributed by atoms with Crippen molar-refractivity contribution in [3.05, 3.63) is 30.1 Å². The predicted molar refractivity (Wildman–Crippen MR) is 71.3 cm³/mol. The van der Waals surface area contributed by atoms with Gasteiger partial charge in [0, 0.05) is 17.3 Å². The van der Waals surface area contributed by atoms with Crippen LogP contribution < -0.4 is 0 Å². The molecule has 2 rings (SSSR count). The standard InChI is InChI=1S/C14H19FO2S/c15-13-5-1-2-6-14(13)18-10-11(16)7-8-12-4-3-9-17-12/h1-2,5-6,11-12,16H,3-4,7-10H2. The van der Waals surface area contributed by atoms with E-state index in [9.17, 15) is 9.50 Å². The van der Waals surface area contributed by atoms with Crippen molar-refractivity contribution in [3.8, 4) is 0 Å². The van der Waals surface area contributed by atoms with Crippen LogP contribution in [0.2, 0.25) is 0 Å². The van der Waals surface area contributed by atoms with Crippen molar-refractivity contribution in [1.82, 2.24) is 0 Å². The number of halogens is 1. The van der Waals surface area contributed by atoms with Crippen molar-refractivity contribution >= 4 is 11.8 Å². The maximum atomic E-state index is 13.3. The monoisotopic (exact) mass is 270 g/mol. The molecule has 1 saturated heterocycles. The number of aliphatic hydroxyl groups is 1. The summed E-state index contributed by atoms with van der Waals surface area (Å²) in [6.45, 7) is 0.852. The van der Waals surface area contributed by atoms with Gasteiger partial charge in [0.15, 0.2) is 0 Å². The van der Waals surface area contributed by atoms with Gasteiger partial charge in [-0.05, 0) is 37.8 Å². The van der Waals surface area contributed by atoms with Crippen LogP contribution in [-0.4, -0.2) is 29.7 Å². The molecule has 0 amide bonds. The molecule has 0 saturated carbocycles. The molecule has 0 radical (unpaired) electrons. The number of rotatable bonds is 6. The Morgan fingerprint density at radius 3 is 3.00 bits per heavy atom. The first-order chi connectivity index (χ1) is 8.75. The van der Waals surface area contributed by atoms with Crippen LogP contribution in [0.3, 0.4) is 0 Å². The van der Waals surface area contributed by atoms with Gasteiger partial charge in [-0.2, -0.15) is 0 Å². The lowest BCUT2D eigenvalue weighted by Gasteiger charge is -2.13. The molecule has 18 heavy (non-hydrogen) atoms. The minimum atomic E-state index is -0.390. The molecule has 100 valence electrons. The normalized spacial score (nSPS) is 21.1. The van der Waals surface area contributed by atoms with E-state index in [1.54, 1.807) is 12.1 Å². The molecular formula is C14H19FO2S. The van der Waals surface area contributed by atoms with Crippen LogP contribution in [0.5, 0.6) is 0 Å². The number of hydrogen-bond donors (Lipinski definition) is 1. The largest absolute Gasteiger partial charge is 0.392 e. The van der Waals surface area contributed by atoms with Crippen molar-refractivity contribution in [2.24, 2.45) is 0 Å². The fourth-order valence-electron chi connectivity index (χ4n) is 2.08. The summed E-state index contributed by atoms with van der Waals surface area (Å²) in [5, 5.41) is 9.86. The minimum Gasteiger partial charge on any atom is -0.392 e. The SMILES string of the molecule is OC(CCC1CCCO1)CSc1ccccc1F. The molecule has 4 heteroatoms. The molecule has 2 nitrogen and oxygen atoms in total. The molecule has 1 heterocycles. The Bertz CT molecular complexity index is 367. The highest BCUT2D eigenvalue weighted by molar-refractivity contribution is 7.99. The Morgan fingerprint density at radius 1 is 1.44 bits per heavy atom. The van der Waals surface area contributed by atoms with Crippen LogP contribution in [0.25, 0.3) is 0 Å². The van der Waals surface area contributed by atoms with E-state index >= 15 is 0 Å². The van der Waals surface area contributed by atoms with Crippen molar-refractivity contribution < 1.29 is 14.2 Å². The van der Waals surface area contributed by atoms with Crippen LogP contribution in [0.4, 0.5) is 4.39 Å². The second kappa shape index (κ2) is 7.12. The van der Waals surface area contributed by atoms with E-state index in [0.29, 0.717) is 16.8 Å². The summed E-state index contributed by atoms with van der Waals surface area (Å²) in [5.41, 5.74) is 0. The van der Waals surface area contributed by atoms with Gasteiger partial charge in [-0.25, -0.2) is 4.39 Å². The number of benzene rings is 1. The molecular weight excluding hydrogens is 251 g/mol. The summed E-state index contributed by atoms with van der Waals surface area (Å²) >= 11 is 1.37. The van der Waals surface area contributed by atoms with E-state index in [-0.39, 0.29) is 11.9 Å². The maximum absolute atomic E-state index is 13.3.